The molecule has 0 aliphatic carbocycles. The molecule has 0 saturated carbocycles. The zero-order valence-electron chi connectivity index (χ0n) is 21.4. The zero-order chi connectivity index (χ0) is 26.2. The van der Waals surface area contributed by atoms with Gasteiger partial charge in [-0.3, -0.25) is 5.01 Å². The first kappa shape index (κ1) is 25.9. The fourth-order valence-electron chi connectivity index (χ4n) is 4.21. The summed E-state index contributed by atoms with van der Waals surface area (Å²) in [6, 6.07) is 18.2. The number of esters is 2. The number of carbonyl (C=O) groups is 2. The molecule has 4 rings (SSSR count). The second-order valence-electron chi connectivity index (χ2n) is 8.51. The largest absolute Gasteiger partial charge is 0.497 e. The van der Waals surface area contributed by atoms with Crippen LogP contribution in [0.5, 0.6) is 5.75 Å². The van der Waals surface area contributed by atoms with Crippen LogP contribution in [0, 0.1) is 0 Å². The lowest BCUT2D eigenvalue weighted by atomic mass is 9.91. The van der Waals surface area contributed by atoms with Crippen LogP contribution in [-0.4, -0.2) is 50.4 Å². The quantitative estimate of drug-likeness (QED) is 0.246. The molecule has 1 heterocycles. The van der Waals surface area contributed by atoms with Crippen molar-refractivity contribution in [1.82, 2.24) is 5.01 Å². The van der Waals surface area contributed by atoms with Crippen LogP contribution in [0.1, 0.15) is 47.4 Å². The van der Waals surface area contributed by atoms with Gasteiger partial charge in [-0.25, -0.2) is 9.59 Å². The molecule has 0 atom stereocenters. The Morgan fingerprint density at radius 1 is 0.784 bits per heavy atom. The van der Waals surface area contributed by atoms with Crippen LogP contribution in [0.2, 0.25) is 0 Å². The third kappa shape index (κ3) is 6.14. The average Bonchev–Trinajstić information content (AvgIpc) is 3.46. The Kier molecular flexibility index (Phi) is 8.51. The molecule has 1 aliphatic rings. The van der Waals surface area contributed by atoms with E-state index in [1.807, 2.05) is 35.3 Å². The number of rotatable bonds is 9. The van der Waals surface area contributed by atoms with E-state index in [2.05, 4.69) is 10.3 Å². The number of ether oxygens (including phenoxy) is 3. The molecule has 3 aromatic rings. The summed E-state index contributed by atoms with van der Waals surface area (Å²) in [6.07, 6.45) is 2.16. The minimum absolute atomic E-state index is 0.264. The molecule has 8 heteroatoms. The Hall–Kier alpha value is -4.20. The molecule has 0 unspecified atom stereocenters. The van der Waals surface area contributed by atoms with Crippen molar-refractivity contribution in [2.45, 2.75) is 26.7 Å². The molecule has 1 fully saturated rings. The standard InChI is InChI=1S/C29H31N3O5/c1-4-36-28(33)21-10-14-24(20-8-12-23(35-3)13-9-20)25(18-21)26-19-22(29(34)37-5-2)11-15-27(26)30-31-32-16-6-7-17-32/h8-15,18-19H,4-7,16-17H2,1-3H3. The monoisotopic (exact) mass is 501 g/mol. The van der Waals surface area contributed by atoms with E-state index in [-0.39, 0.29) is 13.2 Å². The predicted octanol–water partition coefficient (Wildman–Crippen LogP) is 6.48. The fraction of sp³-hybridized carbons (Fsp3) is 0.310. The van der Waals surface area contributed by atoms with E-state index in [0.717, 1.165) is 48.4 Å². The van der Waals surface area contributed by atoms with Gasteiger partial charge < -0.3 is 14.2 Å². The topological polar surface area (TPSA) is 89.8 Å². The van der Waals surface area contributed by atoms with Crippen molar-refractivity contribution < 1.29 is 23.8 Å². The molecule has 0 radical (unpaired) electrons. The van der Waals surface area contributed by atoms with Gasteiger partial charge in [-0.05, 0) is 85.8 Å². The molecule has 0 bridgehead atoms. The number of carbonyl (C=O) groups excluding carboxylic acids is 2. The number of benzene rings is 3. The molecule has 1 saturated heterocycles. The van der Waals surface area contributed by atoms with Crippen molar-refractivity contribution in [2.75, 3.05) is 33.4 Å². The van der Waals surface area contributed by atoms with Gasteiger partial charge in [0.1, 0.15) is 5.75 Å². The Morgan fingerprint density at radius 3 is 1.97 bits per heavy atom. The van der Waals surface area contributed by atoms with Crippen molar-refractivity contribution >= 4 is 17.6 Å². The maximum atomic E-state index is 12.6. The van der Waals surface area contributed by atoms with Crippen LogP contribution in [-0.2, 0) is 9.47 Å². The lowest BCUT2D eigenvalue weighted by Gasteiger charge is -2.16. The maximum absolute atomic E-state index is 12.6. The molecular formula is C29H31N3O5. The molecule has 1 aliphatic heterocycles. The highest BCUT2D eigenvalue weighted by atomic mass is 16.5. The summed E-state index contributed by atoms with van der Waals surface area (Å²) in [6.45, 7) is 5.78. The van der Waals surface area contributed by atoms with E-state index >= 15 is 0 Å². The SMILES string of the molecule is CCOC(=O)c1ccc(N=NN2CCCC2)c(-c2cc(C(=O)OCC)ccc2-c2ccc(OC)cc2)c1. The Balaban J connectivity index is 1.90. The molecule has 37 heavy (non-hydrogen) atoms. The minimum Gasteiger partial charge on any atom is -0.497 e. The van der Waals surface area contributed by atoms with Gasteiger partial charge in [0.05, 0.1) is 37.1 Å². The molecule has 8 nitrogen and oxygen atoms in total. The highest BCUT2D eigenvalue weighted by molar-refractivity contribution is 5.98. The van der Waals surface area contributed by atoms with Gasteiger partial charge in [0.2, 0.25) is 0 Å². The van der Waals surface area contributed by atoms with Gasteiger partial charge in [0.15, 0.2) is 0 Å². The van der Waals surface area contributed by atoms with E-state index < -0.39 is 11.9 Å². The lowest BCUT2D eigenvalue weighted by molar-refractivity contribution is 0.0516. The van der Waals surface area contributed by atoms with Gasteiger partial charge in [-0.1, -0.05) is 23.4 Å². The van der Waals surface area contributed by atoms with Crippen LogP contribution < -0.4 is 4.74 Å². The summed E-state index contributed by atoms with van der Waals surface area (Å²) < 4.78 is 15.8. The van der Waals surface area contributed by atoms with Crippen LogP contribution in [0.15, 0.2) is 71.0 Å². The number of nitrogens with zero attached hydrogens (tertiary/aromatic N) is 3. The van der Waals surface area contributed by atoms with Crippen LogP contribution in [0.4, 0.5) is 5.69 Å². The second kappa shape index (κ2) is 12.2. The maximum Gasteiger partial charge on any atom is 0.338 e. The first-order valence-electron chi connectivity index (χ1n) is 12.5. The average molecular weight is 502 g/mol. The summed E-state index contributed by atoms with van der Waals surface area (Å²) in [5.74, 6) is -0.121. The van der Waals surface area contributed by atoms with Gasteiger partial charge in [0, 0.05) is 18.7 Å². The van der Waals surface area contributed by atoms with Gasteiger partial charge >= 0.3 is 11.9 Å². The predicted molar refractivity (Wildman–Crippen MR) is 141 cm³/mol. The Morgan fingerprint density at radius 2 is 1.38 bits per heavy atom. The summed E-state index contributed by atoms with van der Waals surface area (Å²) in [4.78, 5) is 25.3. The minimum atomic E-state index is -0.431. The Bertz CT molecular complexity index is 1280. The van der Waals surface area contributed by atoms with Gasteiger partial charge in [-0.2, -0.15) is 0 Å². The van der Waals surface area contributed by atoms with Gasteiger partial charge in [0.25, 0.3) is 0 Å². The van der Waals surface area contributed by atoms with Gasteiger partial charge in [-0.15, -0.1) is 5.11 Å². The van der Waals surface area contributed by atoms with Crippen molar-refractivity contribution in [3.8, 4) is 28.0 Å². The van der Waals surface area contributed by atoms with E-state index in [1.54, 1.807) is 51.3 Å². The van der Waals surface area contributed by atoms with Crippen molar-refractivity contribution in [3.05, 3.63) is 71.8 Å². The molecule has 0 amide bonds. The zero-order valence-corrected chi connectivity index (χ0v) is 21.4. The van der Waals surface area contributed by atoms with E-state index in [4.69, 9.17) is 14.2 Å². The first-order chi connectivity index (χ1) is 18.0. The van der Waals surface area contributed by atoms with Crippen molar-refractivity contribution in [1.29, 1.82) is 0 Å². The summed E-state index contributed by atoms with van der Waals surface area (Å²) in [5, 5.41) is 10.9. The second-order valence-corrected chi connectivity index (χ2v) is 8.51. The molecule has 0 spiro atoms. The number of hydrogen-bond donors (Lipinski definition) is 0. The molecular weight excluding hydrogens is 470 g/mol. The Labute approximate surface area is 216 Å². The summed E-state index contributed by atoms with van der Waals surface area (Å²) in [7, 11) is 1.62. The van der Waals surface area contributed by atoms with E-state index in [1.165, 1.54) is 0 Å². The van der Waals surface area contributed by atoms with E-state index in [9.17, 15) is 9.59 Å². The van der Waals surface area contributed by atoms with Crippen LogP contribution in [0.3, 0.4) is 0 Å². The lowest BCUT2D eigenvalue weighted by Crippen LogP contribution is -2.09. The highest BCUT2D eigenvalue weighted by Gasteiger charge is 2.19. The third-order valence-electron chi connectivity index (χ3n) is 6.09. The first-order valence-corrected chi connectivity index (χ1v) is 12.5. The highest BCUT2D eigenvalue weighted by Crippen LogP contribution is 2.40. The molecule has 3 aromatic carbocycles. The summed E-state index contributed by atoms with van der Waals surface area (Å²) >= 11 is 0. The van der Waals surface area contributed by atoms with E-state index in [0.29, 0.717) is 22.4 Å². The van der Waals surface area contributed by atoms with Crippen molar-refractivity contribution in [3.63, 3.8) is 0 Å². The smallest absolute Gasteiger partial charge is 0.338 e. The van der Waals surface area contributed by atoms with Crippen LogP contribution in [0.25, 0.3) is 22.3 Å². The third-order valence-corrected chi connectivity index (χ3v) is 6.09. The normalized spacial score (nSPS) is 13.1. The molecule has 192 valence electrons. The summed E-state index contributed by atoms with van der Waals surface area (Å²) in [5.41, 5.74) is 4.51. The molecule has 0 N–H and O–H groups in total. The fourth-order valence-corrected chi connectivity index (χ4v) is 4.21. The number of hydrogen-bond acceptors (Lipinski definition) is 7. The molecule has 0 aromatic heterocycles. The number of methoxy groups -OCH3 is 1. The van der Waals surface area contributed by atoms with Crippen LogP contribution >= 0.6 is 0 Å². The van der Waals surface area contributed by atoms with Crippen molar-refractivity contribution in [2.24, 2.45) is 10.3 Å².